The van der Waals surface area contributed by atoms with Gasteiger partial charge in [-0.15, -0.1) is 6.58 Å². The summed E-state index contributed by atoms with van der Waals surface area (Å²) in [7, 11) is 0. The Bertz CT molecular complexity index is 1120. The van der Waals surface area contributed by atoms with Crippen LogP contribution in [-0.4, -0.2) is 21.7 Å². The maximum Gasteiger partial charge on any atom is 0.272 e. The van der Waals surface area contributed by atoms with Crippen molar-refractivity contribution >= 4 is 40.7 Å². The van der Waals surface area contributed by atoms with Crippen LogP contribution >= 0.6 is 34.8 Å². The van der Waals surface area contributed by atoms with Gasteiger partial charge in [0.15, 0.2) is 5.69 Å². The predicted molar refractivity (Wildman–Crippen MR) is 134 cm³/mol. The number of halogens is 3. The lowest BCUT2D eigenvalue weighted by molar-refractivity contribution is 0.0920. The molecule has 4 nitrogen and oxygen atoms in total. The monoisotopic (exact) mass is 489 g/mol. The highest BCUT2D eigenvalue weighted by atomic mass is 35.5. The first-order valence-corrected chi connectivity index (χ1v) is 11.6. The van der Waals surface area contributed by atoms with Gasteiger partial charge in [0.1, 0.15) is 0 Å². The molecule has 1 aromatic heterocycles. The number of carbonyl (C=O) groups is 1. The number of hydrogen-bond acceptors (Lipinski definition) is 2. The molecule has 0 saturated carbocycles. The van der Waals surface area contributed by atoms with E-state index in [1.54, 1.807) is 35.0 Å². The third kappa shape index (κ3) is 5.20. The van der Waals surface area contributed by atoms with Crippen LogP contribution in [0.5, 0.6) is 0 Å². The molecule has 2 atom stereocenters. The van der Waals surface area contributed by atoms with Crippen LogP contribution in [-0.2, 0) is 0 Å². The summed E-state index contributed by atoms with van der Waals surface area (Å²) >= 11 is 18.7. The van der Waals surface area contributed by atoms with Crippen molar-refractivity contribution in [1.29, 1.82) is 0 Å². The minimum Gasteiger partial charge on any atom is -0.348 e. The van der Waals surface area contributed by atoms with Crippen LogP contribution in [0.25, 0.3) is 16.9 Å². The Morgan fingerprint density at radius 3 is 2.41 bits per heavy atom. The van der Waals surface area contributed by atoms with Crippen LogP contribution in [0.15, 0.2) is 55.1 Å². The Labute approximate surface area is 204 Å². The van der Waals surface area contributed by atoms with Crippen molar-refractivity contribution in [3.8, 4) is 16.9 Å². The summed E-state index contributed by atoms with van der Waals surface area (Å²) < 4.78 is 1.69. The zero-order valence-electron chi connectivity index (χ0n) is 18.3. The molecule has 2 unspecified atom stereocenters. The Balaban J connectivity index is 2.09. The van der Waals surface area contributed by atoms with Crippen molar-refractivity contribution in [2.24, 2.45) is 5.92 Å². The molecule has 168 valence electrons. The molecule has 2 aromatic carbocycles. The number of amides is 1. The zero-order valence-corrected chi connectivity index (χ0v) is 20.6. The number of nitrogens with zero attached hydrogens (tertiary/aromatic N) is 2. The fourth-order valence-electron chi connectivity index (χ4n) is 3.82. The fraction of sp³-hybridized carbons (Fsp3) is 0.280. The van der Waals surface area contributed by atoms with Crippen LogP contribution in [0.3, 0.4) is 0 Å². The molecule has 0 aliphatic rings. The molecule has 32 heavy (non-hydrogen) atoms. The van der Waals surface area contributed by atoms with Gasteiger partial charge in [0.05, 0.1) is 16.4 Å². The quantitative estimate of drug-likeness (QED) is 0.332. The molecule has 0 fully saturated rings. The summed E-state index contributed by atoms with van der Waals surface area (Å²) in [5.74, 6) is 0.0804. The SMILES string of the molecule is C=CCC(CC)C(C)NC(=O)c1nn(-c2ccc(Cl)cc2Cl)c(-c2ccc(Cl)cc2)c1C. The van der Waals surface area contributed by atoms with Crippen molar-refractivity contribution in [3.63, 3.8) is 0 Å². The summed E-state index contributed by atoms with van der Waals surface area (Å²) in [5, 5.41) is 9.38. The lowest BCUT2D eigenvalue weighted by Gasteiger charge is -2.22. The first-order chi connectivity index (χ1) is 15.3. The first-order valence-electron chi connectivity index (χ1n) is 10.5. The second-order valence-corrected chi connectivity index (χ2v) is 9.07. The second kappa shape index (κ2) is 10.6. The average molecular weight is 491 g/mol. The van der Waals surface area contributed by atoms with Crippen LogP contribution in [0.1, 0.15) is 42.7 Å². The van der Waals surface area contributed by atoms with Gasteiger partial charge in [-0.3, -0.25) is 4.79 Å². The standard InChI is InChI=1S/C25H26Cl3N3O/c1-5-7-17(6-2)16(4)29-25(32)23-15(3)24(18-8-10-19(26)11-9-18)31(30-23)22-13-12-20(27)14-21(22)28/h5,8-14,16-17H,1,6-7H2,2-4H3,(H,29,32). The molecule has 0 saturated heterocycles. The maximum absolute atomic E-state index is 13.2. The molecule has 0 bridgehead atoms. The Hall–Kier alpha value is -2.27. The van der Waals surface area contributed by atoms with Crippen molar-refractivity contribution < 1.29 is 4.79 Å². The zero-order chi connectivity index (χ0) is 23.4. The summed E-state index contributed by atoms with van der Waals surface area (Å²) in [4.78, 5) is 13.2. The summed E-state index contributed by atoms with van der Waals surface area (Å²) in [6, 6.07) is 12.6. The van der Waals surface area contributed by atoms with E-state index in [0.717, 1.165) is 29.7 Å². The van der Waals surface area contributed by atoms with E-state index < -0.39 is 0 Å². The first kappa shape index (κ1) is 24.4. The highest BCUT2D eigenvalue weighted by Gasteiger charge is 2.25. The summed E-state index contributed by atoms with van der Waals surface area (Å²) in [5.41, 5.74) is 3.37. The van der Waals surface area contributed by atoms with Gasteiger partial charge in [0.25, 0.3) is 5.91 Å². The van der Waals surface area contributed by atoms with Crippen LogP contribution in [0.4, 0.5) is 0 Å². The normalized spacial score (nSPS) is 12.9. The molecule has 0 radical (unpaired) electrons. The average Bonchev–Trinajstić information content (AvgIpc) is 3.09. The Kier molecular flexibility index (Phi) is 8.05. The van der Waals surface area contributed by atoms with Gasteiger partial charge < -0.3 is 5.32 Å². The van der Waals surface area contributed by atoms with Crippen LogP contribution in [0, 0.1) is 12.8 Å². The highest BCUT2D eigenvalue weighted by molar-refractivity contribution is 6.35. The van der Waals surface area contributed by atoms with Gasteiger partial charge in [-0.1, -0.05) is 66.4 Å². The summed E-state index contributed by atoms with van der Waals surface area (Å²) in [6.07, 6.45) is 3.66. The van der Waals surface area contributed by atoms with Crippen molar-refractivity contribution in [1.82, 2.24) is 15.1 Å². The number of benzene rings is 2. The number of nitrogens with one attached hydrogen (secondary N) is 1. The fourth-order valence-corrected chi connectivity index (χ4v) is 4.43. The van der Waals surface area contributed by atoms with E-state index in [0.29, 0.717) is 32.4 Å². The second-order valence-electron chi connectivity index (χ2n) is 7.79. The molecule has 0 aliphatic carbocycles. The number of hydrogen-bond donors (Lipinski definition) is 1. The number of carbonyl (C=O) groups excluding carboxylic acids is 1. The van der Waals surface area contributed by atoms with Crippen molar-refractivity contribution in [3.05, 3.63) is 81.4 Å². The molecule has 3 aromatic rings. The third-order valence-corrected chi connectivity index (χ3v) is 6.44. The van der Waals surface area contributed by atoms with E-state index in [4.69, 9.17) is 34.8 Å². The van der Waals surface area contributed by atoms with E-state index in [1.807, 2.05) is 32.1 Å². The topological polar surface area (TPSA) is 46.9 Å². The molecular formula is C25H26Cl3N3O. The highest BCUT2D eigenvalue weighted by Crippen LogP contribution is 2.33. The van der Waals surface area contributed by atoms with Crippen molar-refractivity contribution in [2.45, 2.75) is 39.7 Å². The largest absolute Gasteiger partial charge is 0.348 e. The maximum atomic E-state index is 13.2. The molecule has 0 aliphatic heterocycles. The van der Waals surface area contributed by atoms with Crippen molar-refractivity contribution in [2.75, 3.05) is 0 Å². The van der Waals surface area contributed by atoms with E-state index in [2.05, 4.69) is 23.9 Å². The third-order valence-electron chi connectivity index (χ3n) is 5.65. The van der Waals surface area contributed by atoms with Gasteiger partial charge in [0, 0.05) is 27.2 Å². The van der Waals surface area contributed by atoms with Crippen LogP contribution < -0.4 is 5.32 Å². The predicted octanol–water partition coefficient (Wildman–Crippen LogP) is 7.53. The van der Waals surface area contributed by atoms with Gasteiger partial charge in [0.2, 0.25) is 0 Å². The van der Waals surface area contributed by atoms with E-state index >= 15 is 0 Å². The minimum absolute atomic E-state index is 0.0202. The number of allylic oxidation sites excluding steroid dienone is 1. The molecule has 1 heterocycles. The molecular weight excluding hydrogens is 465 g/mol. The molecule has 1 amide bonds. The van der Waals surface area contributed by atoms with Crippen LogP contribution in [0.2, 0.25) is 15.1 Å². The smallest absolute Gasteiger partial charge is 0.272 e. The van der Waals surface area contributed by atoms with E-state index in [1.165, 1.54) is 0 Å². The van der Waals surface area contributed by atoms with E-state index in [9.17, 15) is 4.79 Å². The van der Waals surface area contributed by atoms with Gasteiger partial charge in [-0.05, 0) is 56.5 Å². The van der Waals surface area contributed by atoms with Gasteiger partial charge in [-0.25, -0.2) is 4.68 Å². The number of rotatable bonds is 8. The molecule has 1 N–H and O–H groups in total. The lowest BCUT2D eigenvalue weighted by atomic mass is 9.94. The lowest BCUT2D eigenvalue weighted by Crippen LogP contribution is -2.38. The number of aromatic nitrogens is 2. The molecule has 3 rings (SSSR count). The Morgan fingerprint density at radius 1 is 1.16 bits per heavy atom. The molecule has 7 heteroatoms. The Morgan fingerprint density at radius 2 is 1.81 bits per heavy atom. The van der Waals surface area contributed by atoms with Gasteiger partial charge >= 0.3 is 0 Å². The van der Waals surface area contributed by atoms with E-state index in [-0.39, 0.29) is 11.9 Å². The summed E-state index contributed by atoms with van der Waals surface area (Å²) in [6.45, 7) is 9.83. The van der Waals surface area contributed by atoms with Gasteiger partial charge in [-0.2, -0.15) is 5.10 Å². The minimum atomic E-state index is -0.225. The molecule has 0 spiro atoms.